The first kappa shape index (κ1) is 18.7. The van der Waals surface area contributed by atoms with Gasteiger partial charge in [-0.15, -0.1) is 0 Å². The number of pyridine rings is 1. The van der Waals surface area contributed by atoms with Crippen LogP contribution in [0.3, 0.4) is 0 Å². The van der Waals surface area contributed by atoms with Crippen molar-refractivity contribution in [2.45, 2.75) is 19.5 Å². The van der Waals surface area contributed by atoms with E-state index in [1.165, 1.54) is 0 Å². The largest absolute Gasteiger partial charge is 0.417 e. The molecule has 26 heavy (non-hydrogen) atoms. The molecular weight excluding hydrogens is 435 g/mol. The molecule has 0 spiro atoms. The highest BCUT2D eigenvalue weighted by molar-refractivity contribution is 9.10. The van der Waals surface area contributed by atoms with E-state index in [-0.39, 0.29) is 16.4 Å². The average Bonchev–Trinajstić information content (AvgIpc) is 2.93. The molecule has 0 saturated carbocycles. The zero-order valence-corrected chi connectivity index (χ0v) is 15.7. The third-order valence-corrected chi connectivity index (χ3v) is 4.48. The first-order valence-electron chi connectivity index (χ1n) is 7.55. The van der Waals surface area contributed by atoms with Crippen LogP contribution in [0.15, 0.2) is 41.0 Å². The average molecular weight is 447 g/mol. The van der Waals surface area contributed by atoms with Gasteiger partial charge in [0, 0.05) is 16.4 Å². The fourth-order valence-corrected chi connectivity index (χ4v) is 3.20. The molecule has 0 unspecified atom stereocenters. The van der Waals surface area contributed by atoms with E-state index in [1.54, 1.807) is 31.2 Å². The Morgan fingerprint density at radius 2 is 2.08 bits per heavy atom. The molecule has 1 amide bonds. The van der Waals surface area contributed by atoms with Crippen LogP contribution in [-0.4, -0.2) is 15.3 Å². The predicted octanol–water partition coefficient (Wildman–Crippen LogP) is 5.58. The van der Waals surface area contributed by atoms with Gasteiger partial charge in [0.1, 0.15) is 5.69 Å². The maximum absolute atomic E-state index is 13.1. The molecule has 0 aliphatic heterocycles. The van der Waals surface area contributed by atoms with Crippen molar-refractivity contribution in [3.8, 4) is 0 Å². The molecule has 0 aliphatic rings. The van der Waals surface area contributed by atoms with E-state index in [1.807, 2.05) is 0 Å². The number of carbonyl (C=O) groups excluding carboxylic acids is 1. The van der Waals surface area contributed by atoms with Gasteiger partial charge in [0.2, 0.25) is 0 Å². The number of hydrogen-bond acceptors (Lipinski definition) is 2. The number of alkyl halides is 3. The third-order valence-electron chi connectivity index (χ3n) is 3.71. The Hall–Kier alpha value is -2.06. The Labute approximate surface area is 160 Å². The van der Waals surface area contributed by atoms with Crippen LogP contribution in [0.2, 0.25) is 5.02 Å². The van der Waals surface area contributed by atoms with Crippen LogP contribution in [0.1, 0.15) is 28.7 Å². The minimum absolute atomic E-state index is 0.0236. The number of imidazole rings is 1. The van der Waals surface area contributed by atoms with E-state index in [0.29, 0.717) is 17.8 Å². The lowest BCUT2D eigenvalue weighted by molar-refractivity contribution is -0.137. The topological polar surface area (TPSA) is 46.4 Å². The third kappa shape index (κ3) is 3.57. The molecule has 0 radical (unpaired) electrons. The van der Waals surface area contributed by atoms with E-state index in [0.717, 1.165) is 21.1 Å². The molecule has 1 N–H and O–H groups in total. The standard InChI is InChI=1S/C17H12BrClF3N3O/c1-2-13-14(16(26)23-11-5-3-4-10(18)7-11)25-8-9(17(20,21)22)6-12(19)15(25)24-13/h3-8H,2H2,1H3,(H,23,26). The van der Waals surface area contributed by atoms with Gasteiger partial charge in [0.25, 0.3) is 5.91 Å². The fourth-order valence-electron chi connectivity index (χ4n) is 2.55. The Bertz CT molecular complexity index is 1000. The maximum Gasteiger partial charge on any atom is 0.417 e. The Balaban J connectivity index is 2.14. The van der Waals surface area contributed by atoms with Gasteiger partial charge >= 0.3 is 6.18 Å². The lowest BCUT2D eigenvalue weighted by atomic mass is 10.2. The van der Waals surface area contributed by atoms with E-state index in [4.69, 9.17) is 11.6 Å². The number of nitrogens with one attached hydrogen (secondary N) is 1. The summed E-state index contributed by atoms with van der Waals surface area (Å²) >= 11 is 9.27. The molecule has 0 aliphatic carbocycles. The van der Waals surface area contributed by atoms with E-state index < -0.39 is 17.6 Å². The first-order valence-corrected chi connectivity index (χ1v) is 8.72. The molecule has 1 aromatic carbocycles. The monoisotopic (exact) mass is 445 g/mol. The van der Waals surface area contributed by atoms with Crippen molar-refractivity contribution >= 4 is 44.8 Å². The van der Waals surface area contributed by atoms with Gasteiger partial charge in [-0.3, -0.25) is 9.20 Å². The van der Waals surface area contributed by atoms with Crippen LogP contribution >= 0.6 is 27.5 Å². The minimum atomic E-state index is -4.59. The highest BCUT2D eigenvalue weighted by Gasteiger charge is 2.33. The molecule has 0 saturated heterocycles. The quantitative estimate of drug-likeness (QED) is 0.571. The SMILES string of the molecule is CCc1nc2c(Cl)cc(C(F)(F)F)cn2c1C(=O)Nc1cccc(Br)c1. The van der Waals surface area contributed by atoms with Crippen molar-refractivity contribution in [3.05, 3.63) is 63.0 Å². The Morgan fingerprint density at radius 1 is 1.35 bits per heavy atom. The Kier molecular flexibility index (Phi) is 4.98. The van der Waals surface area contributed by atoms with Crippen LogP contribution in [0.4, 0.5) is 18.9 Å². The van der Waals surface area contributed by atoms with Gasteiger partial charge in [-0.2, -0.15) is 13.2 Å². The molecule has 0 atom stereocenters. The van der Waals surface area contributed by atoms with Crippen molar-refractivity contribution < 1.29 is 18.0 Å². The highest BCUT2D eigenvalue weighted by atomic mass is 79.9. The number of aromatic nitrogens is 2. The zero-order chi connectivity index (χ0) is 19.1. The van der Waals surface area contributed by atoms with Gasteiger partial charge in [0.05, 0.1) is 16.3 Å². The molecule has 0 fully saturated rings. The van der Waals surface area contributed by atoms with Gasteiger partial charge in [-0.25, -0.2) is 4.98 Å². The molecule has 136 valence electrons. The van der Waals surface area contributed by atoms with Crippen molar-refractivity contribution in [2.75, 3.05) is 5.32 Å². The summed E-state index contributed by atoms with van der Waals surface area (Å²) in [7, 11) is 0. The summed E-state index contributed by atoms with van der Waals surface area (Å²) in [5, 5.41) is 2.51. The van der Waals surface area contributed by atoms with Gasteiger partial charge in [0.15, 0.2) is 5.65 Å². The number of amides is 1. The van der Waals surface area contributed by atoms with Gasteiger partial charge < -0.3 is 5.32 Å². The summed E-state index contributed by atoms with van der Waals surface area (Å²) < 4.78 is 41.2. The normalized spacial score (nSPS) is 11.8. The summed E-state index contributed by atoms with van der Waals surface area (Å²) in [5.74, 6) is -0.567. The first-order chi connectivity index (χ1) is 12.2. The number of halogens is 5. The second-order valence-corrected chi connectivity index (χ2v) is 6.82. The number of fused-ring (bicyclic) bond motifs is 1. The number of aryl methyl sites for hydroxylation is 1. The van der Waals surface area contributed by atoms with Gasteiger partial charge in [-0.1, -0.05) is 40.5 Å². The van der Waals surface area contributed by atoms with Crippen LogP contribution in [0, 0.1) is 0 Å². The summed E-state index contributed by atoms with van der Waals surface area (Å²) in [6.45, 7) is 1.76. The van der Waals surface area contributed by atoms with Crippen molar-refractivity contribution in [2.24, 2.45) is 0 Å². The van der Waals surface area contributed by atoms with Crippen LogP contribution in [-0.2, 0) is 12.6 Å². The molecule has 3 aromatic rings. The number of nitrogens with zero attached hydrogens (tertiary/aromatic N) is 2. The second-order valence-electron chi connectivity index (χ2n) is 5.49. The van der Waals surface area contributed by atoms with E-state index >= 15 is 0 Å². The van der Waals surface area contributed by atoms with E-state index in [2.05, 4.69) is 26.2 Å². The smallest absolute Gasteiger partial charge is 0.321 e. The van der Waals surface area contributed by atoms with E-state index in [9.17, 15) is 18.0 Å². The van der Waals surface area contributed by atoms with Crippen molar-refractivity contribution in [1.82, 2.24) is 9.38 Å². The van der Waals surface area contributed by atoms with Crippen LogP contribution < -0.4 is 5.32 Å². The van der Waals surface area contributed by atoms with Crippen molar-refractivity contribution in [1.29, 1.82) is 0 Å². The molecule has 2 heterocycles. The predicted molar refractivity (Wildman–Crippen MR) is 96.7 cm³/mol. The number of anilines is 1. The molecule has 4 nitrogen and oxygen atoms in total. The zero-order valence-electron chi connectivity index (χ0n) is 13.4. The molecule has 9 heteroatoms. The lowest BCUT2D eigenvalue weighted by Gasteiger charge is -2.10. The van der Waals surface area contributed by atoms with Crippen LogP contribution in [0.5, 0.6) is 0 Å². The molecule has 3 rings (SSSR count). The Morgan fingerprint density at radius 3 is 2.69 bits per heavy atom. The molecule has 0 bridgehead atoms. The maximum atomic E-state index is 13.1. The molecule has 2 aromatic heterocycles. The lowest BCUT2D eigenvalue weighted by Crippen LogP contribution is -2.17. The number of carbonyl (C=O) groups is 1. The number of rotatable bonds is 3. The summed E-state index contributed by atoms with van der Waals surface area (Å²) in [5.41, 5.74) is 0.0381. The van der Waals surface area contributed by atoms with Crippen molar-refractivity contribution in [3.63, 3.8) is 0 Å². The number of benzene rings is 1. The van der Waals surface area contributed by atoms with Gasteiger partial charge in [-0.05, 0) is 30.7 Å². The van der Waals surface area contributed by atoms with Crippen LogP contribution in [0.25, 0.3) is 5.65 Å². The summed E-state index contributed by atoms with van der Waals surface area (Å²) in [6.07, 6.45) is -3.39. The second kappa shape index (κ2) is 6.92. The highest BCUT2D eigenvalue weighted by Crippen LogP contribution is 2.33. The molecular formula is C17H12BrClF3N3O. The summed E-state index contributed by atoms with van der Waals surface area (Å²) in [6, 6.07) is 7.68. The fraction of sp³-hybridized carbons (Fsp3) is 0.176. The summed E-state index contributed by atoms with van der Waals surface area (Å²) in [4.78, 5) is 17.0. The number of hydrogen-bond donors (Lipinski definition) is 1. The minimum Gasteiger partial charge on any atom is -0.321 e.